The predicted octanol–water partition coefficient (Wildman–Crippen LogP) is 5.63. The zero-order valence-electron chi connectivity index (χ0n) is 20.5. The molecule has 1 aliphatic rings. The second-order valence-electron chi connectivity index (χ2n) is 9.64. The molecule has 3 aromatic rings. The van der Waals surface area contributed by atoms with Gasteiger partial charge in [0, 0.05) is 11.3 Å². The SMILES string of the molecule is COc1ccc(C(C)(C)c2ccc(NC(=O)C3CC(S(=O)(=O)c4cccc(C(F)(F)F)c4)C3)cn2)cc1. The molecule has 1 aromatic heterocycles. The van der Waals surface area contributed by atoms with Crippen LogP contribution in [0, 0.1) is 5.92 Å². The predicted molar refractivity (Wildman–Crippen MR) is 133 cm³/mol. The number of aromatic nitrogens is 1. The number of carbonyl (C=O) groups is 1. The number of rotatable bonds is 7. The number of benzene rings is 2. The maximum Gasteiger partial charge on any atom is 0.416 e. The number of amides is 1. The first-order valence-corrected chi connectivity index (χ1v) is 13.2. The molecule has 0 atom stereocenters. The van der Waals surface area contributed by atoms with Crippen molar-refractivity contribution in [1.29, 1.82) is 0 Å². The summed E-state index contributed by atoms with van der Waals surface area (Å²) in [6.45, 7) is 4.07. The second-order valence-corrected chi connectivity index (χ2v) is 11.9. The van der Waals surface area contributed by atoms with Gasteiger partial charge in [0.1, 0.15) is 5.75 Å². The number of hydrogen-bond donors (Lipinski definition) is 1. The number of anilines is 1. The lowest BCUT2D eigenvalue weighted by atomic mass is 9.81. The first-order chi connectivity index (χ1) is 17.3. The third-order valence-corrected chi connectivity index (χ3v) is 9.05. The molecule has 1 N–H and O–H groups in total. The van der Waals surface area contributed by atoms with Crippen molar-refractivity contribution in [3.63, 3.8) is 0 Å². The van der Waals surface area contributed by atoms with Crippen LogP contribution in [0.3, 0.4) is 0 Å². The minimum absolute atomic E-state index is 0.0421. The number of ether oxygens (including phenoxy) is 1. The average molecular weight is 533 g/mol. The van der Waals surface area contributed by atoms with Gasteiger partial charge in [-0.3, -0.25) is 9.78 Å². The zero-order chi connectivity index (χ0) is 27.0. The summed E-state index contributed by atoms with van der Waals surface area (Å²) in [5.41, 5.74) is 0.900. The lowest BCUT2D eigenvalue weighted by Gasteiger charge is -2.33. The van der Waals surface area contributed by atoms with Crippen molar-refractivity contribution in [3.8, 4) is 5.75 Å². The van der Waals surface area contributed by atoms with Crippen LogP contribution in [0.2, 0.25) is 0 Å². The number of alkyl halides is 3. The highest BCUT2D eigenvalue weighted by atomic mass is 32.2. The number of halogens is 3. The summed E-state index contributed by atoms with van der Waals surface area (Å²) >= 11 is 0. The smallest absolute Gasteiger partial charge is 0.416 e. The summed E-state index contributed by atoms with van der Waals surface area (Å²) in [5, 5.41) is 1.85. The standard InChI is InChI=1S/C27H27F3N2O4S/c1-26(2,18-7-10-21(36-3)11-8-18)24-12-9-20(16-31-24)32-25(33)17-13-23(14-17)37(34,35)22-6-4-5-19(15-22)27(28,29)30/h4-12,15-17,23H,13-14H2,1-3H3,(H,32,33). The summed E-state index contributed by atoms with van der Waals surface area (Å²) in [6, 6.07) is 15.0. The normalized spacial score (nSPS) is 18.1. The van der Waals surface area contributed by atoms with Crippen molar-refractivity contribution >= 4 is 21.4 Å². The van der Waals surface area contributed by atoms with Crippen molar-refractivity contribution in [2.24, 2.45) is 5.92 Å². The lowest BCUT2D eigenvalue weighted by molar-refractivity contribution is -0.137. The summed E-state index contributed by atoms with van der Waals surface area (Å²) in [7, 11) is -2.37. The van der Waals surface area contributed by atoms with E-state index in [1.807, 2.05) is 44.2 Å². The van der Waals surface area contributed by atoms with Crippen molar-refractivity contribution in [2.75, 3.05) is 12.4 Å². The van der Waals surface area contributed by atoms with Gasteiger partial charge < -0.3 is 10.1 Å². The molecule has 4 rings (SSSR count). The van der Waals surface area contributed by atoms with Crippen LogP contribution in [0.4, 0.5) is 18.9 Å². The van der Waals surface area contributed by atoms with Crippen LogP contribution in [0.25, 0.3) is 0 Å². The molecule has 1 amide bonds. The molecule has 0 bridgehead atoms. The van der Waals surface area contributed by atoms with Crippen LogP contribution in [0.1, 0.15) is 43.5 Å². The molecule has 6 nitrogen and oxygen atoms in total. The van der Waals surface area contributed by atoms with Crippen LogP contribution in [-0.2, 0) is 26.2 Å². The van der Waals surface area contributed by atoms with Gasteiger partial charge in [0.25, 0.3) is 0 Å². The Kier molecular flexibility index (Phi) is 7.07. The van der Waals surface area contributed by atoms with E-state index in [9.17, 15) is 26.4 Å². The number of methoxy groups -OCH3 is 1. The fourth-order valence-electron chi connectivity index (χ4n) is 4.31. The van der Waals surface area contributed by atoms with Crippen molar-refractivity contribution in [1.82, 2.24) is 4.98 Å². The molecule has 196 valence electrons. The number of nitrogens with zero attached hydrogens (tertiary/aromatic N) is 1. The molecule has 0 radical (unpaired) electrons. The molecule has 0 saturated heterocycles. The minimum Gasteiger partial charge on any atom is -0.497 e. The Bertz CT molecular complexity index is 1380. The third-order valence-electron chi connectivity index (χ3n) is 6.88. The maximum absolute atomic E-state index is 13.0. The van der Waals surface area contributed by atoms with Gasteiger partial charge in [0.2, 0.25) is 5.91 Å². The molecule has 1 aliphatic carbocycles. The van der Waals surface area contributed by atoms with Gasteiger partial charge in [-0.1, -0.05) is 32.0 Å². The zero-order valence-corrected chi connectivity index (χ0v) is 21.4. The molecule has 0 aliphatic heterocycles. The molecule has 0 unspecified atom stereocenters. The van der Waals surface area contributed by atoms with Crippen LogP contribution in [-0.4, -0.2) is 31.7 Å². The van der Waals surface area contributed by atoms with E-state index in [0.29, 0.717) is 11.8 Å². The average Bonchev–Trinajstić information content (AvgIpc) is 2.83. The van der Waals surface area contributed by atoms with Gasteiger partial charge in [-0.25, -0.2) is 8.42 Å². The minimum atomic E-state index is -4.64. The van der Waals surface area contributed by atoms with E-state index in [4.69, 9.17) is 4.74 Å². The molecule has 1 saturated carbocycles. The largest absolute Gasteiger partial charge is 0.497 e. The van der Waals surface area contributed by atoms with E-state index in [0.717, 1.165) is 35.2 Å². The van der Waals surface area contributed by atoms with Crippen LogP contribution < -0.4 is 10.1 Å². The van der Waals surface area contributed by atoms with Crippen molar-refractivity contribution in [2.45, 2.75) is 48.4 Å². The van der Waals surface area contributed by atoms with Crippen LogP contribution in [0.15, 0.2) is 71.8 Å². The fourth-order valence-corrected chi connectivity index (χ4v) is 6.23. The molecular formula is C27H27F3N2O4S. The Labute approximate surface area is 213 Å². The lowest BCUT2D eigenvalue weighted by Crippen LogP contribution is -2.42. The molecule has 0 spiro atoms. The molecule has 37 heavy (non-hydrogen) atoms. The first kappa shape index (κ1) is 26.7. The summed E-state index contributed by atoms with van der Waals surface area (Å²) < 4.78 is 69.7. The first-order valence-electron chi connectivity index (χ1n) is 11.7. The Balaban J connectivity index is 1.37. The third kappa shape index (κ3) is 5.49. The van der Waals surface area contributed by atoms with Crippen LogP contribution in [0.5, 0.6) is 5.75 Å². The highest BCUT2D eigenvalue weighted by Crippen LogP contribution is 2.39. The summed E-state index contributed by atoms with van der Waals surface area (Å²) in [5.74, 6) is -0.146. The Morgan fingerprint density at radius 1 is 1.00 bits per heavy atom. The molecule has 1 heterocycles. The fraction of sp³-hybridized carbons (Fsp3) is 0.333. The van der Waals surface area contributed by atoms with Gasteiger partial charge in [0.15, 0.2) is 9.84 Å². The maximum atomic E-state index is 13.0. The molecule has 1 fully saturated rings. The van der Waals surface area contributed by atoms with Gasteiger partial charge in [-0.05, 0) is 60.9 Å². The van der Waals surface area contributed by atoms with Crippen LogP contribution >= 0.6 is 0 Å². The van der Waals surface area contributed by atoms with E-state index in [-0.39, 0.29) is 23.6 Å². The highest BCUT2D eigenvalue weighted by Gasteiger charge is 2.43. The van der Waals surface area contributed by atoms with Gasteiger partial charge >= 0.3 is 6.18 Å². The summed E-state index contributed by atoms with van der Waals surface area (Å²) in [4.78, 5) is 16.8. The highest BCUT2D eigenvalue weighted by molar-refractivity contribution is 7.92. The summed E-state index contributed by atoms with van der Waals surface area (Å²) in [6.07, 6.45) is -3.00. The Morgan fingerprint density at radius 2 is 1.68 bits per heavy atom. The second kappa shape index (κ2) is 9.81. The van der Waals surface area contributed by atoms with Crippen molar-refractivity contribution < 1.29 is 31.1 Å². The van der Waals surface area contributed by atoms with E-state index in [2.05, 4.69) is 10.3 Å². The van der Waals surface area contributed by atoms with E-state index < -0.39 is 38.2 Å². The van der Waals surface area contributed by atoms with E-state index >= 15 is 0 Å². The topological polar surface area (TPSA) is 85.4 Å². The van der Waals surface area contributed by atoms with Gasteiger partial charge in [-0.15, -0.1) is 0 Å². The number of nitrogens with one attached hydrogen (secondary N) is 1. The monoisotopic (exact) mass is 532 g/mol. The number of pyridine rings is 1. The molecule has 10 heteroatoms. The van der Waals surface area contributed by atoms with E-state index in [1.165, 1.54) is 0 Å². The van der Waals surface area contributed by atoms with E-state index in [1.54, 1.807) is 19.4 Å². The molecule has 2 aromatic carbocycles. The number of carbonyl (C=O) groups excluding carboxylic acids is 1. The quantitative estimate of drug-likeness (QED) is 0.427. The Hall–Kier alpha value is -3.40. The molecular weight excluding hydrogens is 505 g/mol. The van der Waals surface area contributed by atoms with Crippen molar-refractivity contribution in [3.05, 3.63) is 83.7 Å². The Morgan fingerprint density at radius 3 is 2.24 bits per heavy atom. The number of sulfone groups is 1. The van der Waals surface area contributed by atoms with Gasteiger partial charge in [0.05, 0.1) is 40.4 Å². The van der Waals surface area contributed by atoms with Gasteiger partial charge in [-0.2, -0.15) is 13.2 Å². The number of hydrogen-bond acceptors (Lipinski definition) is 5.